The molecule has 0 atom stereocenters. The van der Waals surface area contributed by atoms with Gasteiger partial charge in [-0.3, -0.25) is 4.79 Å². The van der Waals surface area contributed by atoms with Crippen molar-refractivity contribution in [3.8, 4) is 0 Å². The molecular weight excluding hydrogens is 200 g/mol. The van der Waals surface area contributed by atoms with Gasteiger partial charge in [0.2, 0.25) is 0 Å². The first kappa shape index (κ1) is 15.5. The summed E-state index contributed by atoms with van der Waals surface area (Å²) in [5, 5.41) is 0. The lowest BCUT2D eigenvalue weighted by atomic mass is 9.89. The van der Waals surface area contributed by atoms with Crippen LogP contribution in [0.15, 0.2) is 0 Å². The first-order valence-electron chi connectivity index (χ1n) is 6.30. The first-order valence-corrected chi connectivity index (χ1v) is 6.30. The van der Waals surface area contributed by atoms with Crippen molar-refractivity contribution >= 4 is 5.97 Å². The third kappa shape index (κ3) is 8.75. The Labute approximate surface area is 101 Å². The number of hydrogen-bond acceptors (Lipinski definition) is 2. The molecule has 0 aromatic rings. The summed E-state index contributed by atoms with van der Waals surface area (Å²) in [6.45, 7) is 13.0. The van der Waals surface area contributed by atoms with Gasteiger partial charge in [0.05, 0.1) is 12.0 Å². The molecular formula is C14H28O2. The number of rotatable bonds is 5. The first-order chi connectivity index (χ1) is 7.13. The molecule has 0 amide bonds. The second-order valence-electron chi connectivity index (χ2n) is 6.76. The standard InChI is InChI=1S/C14H28O2/c1-13(2,3)10-8-7-9-11-16-12(15)14(4,5)6/h7-11H2,1-6H3. The van der Waals surface area contributed by atoms with Crippen molar-refractivity contribution in [3.63, 3.8) is 0 Å². The maximum Gasteiger partial charge on any atom is 0.311 e. The van der Waals surface area contributed by atoms with E-state index in [0.717, 1.165) is 12.8 Å². The van der Waals surface area contributed by atoms with Crippen molar-refractivity contribution in [3.05, 3.63) is 0 Å². The van der Waals surface area contributed by atoms with Crippen molar-refractivity contribution in [2.45, 2.75) is 67.2 Å². The molecule has 0 heterocycles. The van der Waals surface area contributed by atoms with Crippen LogP contribution in [-0.4, -0.2) is 12.6 Å². The fourth-order valence-electron chi connectivity index (χ4n) is 1.32. The molecule has 2 heteroatoms. The van der Waals surface area contributed by atoms with Gasteiger partial charge in [-0.15, -0.1) is 0 Å². The highest BCUT2D eigenvalue weighted by molar-refractivity contribution is 5.75. The number of carbonyl (C=O) groups is 1. The Bertz CT molecular complexity index is 206. The van der Waals surface area contributed by atoms with Crippen molar-refractivity contribution < 1.29 is 9.53 Å². The normalized spacial score (nSPS) is 12.6. The van der Waals surface area contributed by atoms with E-state index in [4.69, 9.17) is 4.74 Å². The van der Waals surface area contributed by atoms with Crippen molar-refractivity contribution in [2.75, 3.05) is 6.61 Å². The van der Waals surface area contributed by atoms with E-state index >= 15 is 0 Å². The fourth-order valence-corrected chi connectivity index (χ4v) is 1.32. The highest BCUT2D eigenvalue weighted by Gasteiger charge is 2.22. The second kappa shape index (κ2) is 6.27. The molecule has 0 saturated heterocycles. The lowest BCUT2D eigenvalue weighted by molar-refractivity contribution is -0.153. The Balaban J connectivity index is 3.45. The summed E-state index contributed by atoms with van der Waals surface area (Å²) in [4.78, 5) is 11.4. The van der Waals surface area contributed by atoms with Crippen LogP contribution < -0.4 is 0 Å². The van der Waals surface area contributed by atoms with E-state index in [2.05, 4.69) is 20.8 Å². The molecule has 96 valence electrons. The Morgan fingerprint density at radius 2 is 1.50 bits per heavy atom. The zero-order chi connectivity index (χ0) is 12.8. The molecule has 16 heavy (non-hydrogen) atoms. The summed E-state index contributed by atoms with van der Waals surface area (Å²) in [5.41, 5.74) is 0.0491. The largest absolute Gasteiger partial charge is 0.465 e. The summed E-state index contributed by atoms with van der Waals surface area (Å²) in [7, 11) is 0. The van der Waals surface area contributed by atoms with Crippen LogP contribution in [0.2, 0.25) is 0 Å². The highest BCUT2D eigenvalue weighted by atomic mass is 16.5. The molecule has 0 N–H and O–H groups in total. The molecule has 0 rings (SSSR count). The zero-order valence-electron chi connectivity index (χ0n) is 11.9. The highest BCUT2D eigenvalue weighted by Crippen LogP contribution is 2.22. The Kier molecular flexibility index (Phi) is 6.06. The van der Waals surface area contributed by atoms with Gasteiger partial charge >= 0.3 is 5.97 Å². The summed E-state index contributed by atoms with van der Waals surface area (Å²) in [5.74, 6) is -0.0941. The summed E-state index contributed by atoms with van der Waals surface area (Å²) < 4.78 is 5.20. The van der Waals surface area contributed by atoms with Crippen molar-refractivity contribution in [1.29, 1.82) is 0 Å². The lowest BCUT2D eigenvalue weighted by Crippen LogP contribution is -2.23. The van der Waals surface area contributed by atoms with Crippen LogP contribution in [-0.2, 0) is 9.53 Å². The molecule has 0 aliphatic heterocycles. The van der Waals surface area contributed by atoms with Crippen LogP contribution in [0.25, 0.3) is 0 Å². The maximum atomic E-state index is 11.4. The molecule has 0 aromatic carbocycles. The van der Waals surface area contributed by atoms with Crippen LogP contribution in [0.4, 0.5) is 0 Å². The van der Waals surface area contributed by atoms with Crippen LogP contribution in [0.5, 0.6) is 0 Å². The number of ether oxygens (including phenoxy) is 1. The Hall–Kier alpha value is -0.530. The van der Waals surface area contributed by atoms with E-state index in [-0.39, 0.29) is 11.4 Å². The minimum Gasteiger partial charge on any atom is -0.465 e. The predicted octanol–water partition coefficient (Wildman–Crippen LogP) is 4.18. The van der Waals surface area contributed by atoms with Gasteiger partial charge in [-0.2, -0.15) is 0 Å². The molecule has 2 nitrogen and oxygen atoms in total. The van der Waals surface area contributed by atoms with Crippen LogP contribution in [0.1, 0.15) is 67.2 Å². The van der Waals surface area contributed by atoms with Crippen molar-refractivity contribution in [1.82, 2.24) is 0 Å². The predicted molar refractivity (Wildman–Crippen MR) is 68.3 cm³/mol. The average molecular weight is 228 g/mol. The van der Waals surface area contributed by atoms with Gasteiger partial charge in [0.15, 0.2) is 0 Å². The number of carbonyl (C=O) groups excluding carboxylic acids is 1. The van der Waals surface area contributed by atoms with Gasteiger partial charge < -0.3 is 4.74 Å². The lowest BCUT2D eigenvalue weighted by Gasteiger charge is -2.18. The Morgan fingerprint density at radius 3 is 1.94 bits per heavy atom. The van der Waals surface area contributed by atoms with Gasteiger partial charge in [-0.25, -0.2) is 0 Å². The molecule has 0 aliphatic rings. The summed E-state index contributed by atoms with van der Waals surface area (Å²) in [6.07, 6.45) is 4.59. The fraction of sp³-hybridized carbons (Fsp3) is 0.929. The minimum atomic E-state index is -0.370. The monoisotopic (exact) mass is 228 g/mol. The number of esters is 1. The van der Waals surface area contributed by atoms with E-state index in [1.807, 2.05) is 20.8 Å². The topological polar surface area (TPSA) is 26.3 Å². The maximum absolute atomic E-state index is 11.4. The van der Waals surface area contributed by atoms with E-state index in [9.17, 15) is 4.79 Å². The molecule has 0 aliphatic carbocycles. The van der Waals surface area contributed by atoms with Crippen molar-refractivity contribution in [2.24, 2.45) is 10.8 Å². The average Bonchev–Trinajstić information content (AvgIpc) is 2.07. The smallest absolute Gasteiger partial charge is 0.311 e. The number of unbranched alkanes of at least 4 members (excludes halogenated alkanes) is 2. The minimum absolute atomic E-state index is 0.0941. The second-order valence-corrected chi connectivity index (χ2v) is 6.76. The van der Waals surface area contributed by atoms with E-state index < -0.39 is 0 Å². The SMILES string of the molecule is CC(C)(C)CCCCCOC(=O)C(C)(C)C. The van der Waals surface area contributed by atoms with Gasteiger partial charge in [0, 0.05) is 0 Å². The summed E-state index contributed by atoms with van der Waals surface area (Å²) in [6, 6.07) is 0. The van der Waals surface area contributed by atoms with E-state index in [1.165, 1.54) is 12.8 Å². The van der Waals surface area contributed by atoms with Crippen LogP contribution in [0.3, 0.4) is 0 Å². The van der Waals surface area contributed by atoms with Gasteiger partial charge in [-0.1, -0.05) is 33.6 Å². The molecule has 0 spiro atoms. The molecule has 0 bridgehead atoms. The zero-order valence-corrected chi connectivity index (χ0v) is 11.9. The van der Waals surface area contributed by atoms with Gasteiger partial charge in [0.1, 0.15) is 0 Å². The summed E-state index contributed by atoms with van der Waals surface area (Å²) >= 11 is 0. The van der Waals surface area contributed by atoms with Gasteiger partial charge in [-0.05, 0) is 39.0 Å². The van der Waals surface area contributed by atoms with Crippen LogP contribution >= 0.6 is 0 Å². The third-order valence-electron chi connectivity index (χ3n) is 2.42. The Morgan fingerprint density at radius 1 is 0.938 bits per heavy atom. The number of hydrogen-bond donors (Lipinski definition) is 0. The third-order valence-corrected chi connectivity index (χ3v) is 2.42. The molecule has 0 unspecified atom stereocenters. The van der Waals surface area contributed by atoms with Gasteiger partial charge in [0.25, 0.3) is 0 Å². The van der Waals surface area contributed by atoms with E-state index in [1.54, 1.807) is 0 Å². The quantitative estimate of drug-likeness (QED) is 0.521. The molecule has 0 aromatic heterocycles. The molecule has 0 saturated carbocycles. The molecule has 0 fully saturated rings. The molecule has 0 radical (unpaired) electrons. The van der Waals surface area contributed by atoms with E-state index in [0.29, 0.717) is 12.0 Å². The van der Waals surface area contributed by atoms with Crippen LogP contribution in [0, 0.1) is 10.8 Å².